The van der Waals surface area contributed by atoms with Crippen LogP contribution in [0.5, 0.6) is 0 Å². The van der Waals surface area contributed by atoms with Crippen molar-refractivity contribution in [3.05, 3.63) is 90.1 Å². The summed E-state index contributed by atoms with van der Waals surface area (Å²) in [6, 6.07) is 15.2. The Kier molecular flexibility index (Phi) is 6.91. The van der Waals surface area contributed by atoms with Gasteiger partial charge in [-0.05, 0) is 35.7 Å². The van der Waals surface area contributed by atoms with E-state index in [0.29, 0.717) is 22.9 Å². The van der Waals surface area contributed by atoms with Crippen molar-refractivity contribution in [2.24, 2.45) is 11.8 Å². The fourth-order valence-corrected chi connectivity index (χ4v) is 6.13. The topological polar surface area (TPSA) is 33.1 Å². The number of nitrogens with zero attached hydrogens (tertiary/aromatic N) is 2. The van der Waals surface area contributed by atoms with Gasteiger partial charge < -0.3 is 26.6 Å². The van der Waals surface area contributed by atoms with Gasteiger partial charge in [0.1, 0.15) is 18.7 Å². The van der Waals surface area contributed by atoms with Crippen molar-refractivity contribution in [3.8, 4) is 0 Å². The number of benzene rings is 2. The maximum Gasteiger partial charge on any atom is 0.416 e. The van der Waals surface area contributed by atoms with E-state index in [1.54, 1.807) is 18.3 Å². The third kappa shape index (κ3) is 4.41. The number of aliphatic hydroxyl groups is 1. The van der Waals surface area contributed by atoms with Crippen LogP contribution >= 0.6 is 0 Å². The Labute approximate surface area is 208 Å². The summed E-state index contributed by atoms with van der Waals surface area (Å²) in [6.07, 6.45) is 0.648. The fraction of sp³-hybridized carbons (Fsp3) is 0.370. The lowest BCUT2D eigenvalue weighted by Crippen LogP contribution is -3.00. The van der Waals surface area contributed by atoms with E-state index in [0.717, 1.165) is 60.1 Å². The molecule has 0 radical (unpaired) electrons. The molecule has 3 aromatic rings. The largest absolute Gasteiger partial charge is 1.00 e. The fourth-order valence-electron chi connectivity index (χ4n) is 6.13. The molecule has 3 fully saturated rings. The molecule has 3 saturated heterocycles. The number of hydrogen-bond acceptors (Lipinski definition) is 2. The molecule has 3 nitrogen and oxygen atoms in total. The number of quaternary nitrogens is 1. The summed E-state index contributed by atoms with van der Waals surface area (Å²) in [5, 5.41) is 12.6. The molecule has 4 heterocycles. The number of hydrogen-bond donors (Lipinski definition) is 1. The van der Waals surface area contributed by atoms with Crippen LogP contribution in [0.1, 0.15) is 35.6 Å². The van der Waals surface area contributed by atoms with E-state index >= 15 is 0 Å². The van der Waals surface area contributed by atoms with Crippen molar-refractivity contribution in [1.29, 1.82) is 0 Å². The summed E-state index contributed by atoms with van der Waals surface area (Å²) in [7, 11) is 0. The molecule has 180 valence electrons. The maximum atomic E-state index is 13.1. The zero-order chi connectivity index (χ0) is 23.2. The van der Waals surface area contributed by atoms with Gasteiger partial charge in [-0.25, -0.2) is 0 Å². The lowest BCUT2D eigenvalue weighted by molar-refractivity contribution is -0.984. The molecule has 2 bridgehead atoms. The van der Waals surface area contributed by atoms with Gasteiger partial charge in [0.05, 0.1) is 24.2 Å². The second-order valence-electron chi connectivity index (χ2n) is 9.59. The molecule has 2 aromatic carbocycles. The summed E-state index contributed by atoms with van der Waals surface area (Å²) >= 11 is 0. The van der Waals surface area contributed by atoms with Gasteiger partial charge in [-0.15, -0.1) is 6.58 Å². The molecule has 34 heavy (non-hydrogen) atoms. The minimum atomic E-state index is -4.34. The average molecular weight is 533 g/mol. The lowest BCUT2D eigenvalue weighted by atomic mass is 9.71. The van der Waals surface area contributed by atoms with Crippen LogP contribution in [0.15, 0.2) is 73.4 Å². The molecule has 6 rings (SSSR count). The smallest absolute Gasteiger partial charge is 0.416 e. The lowest BCUT2D eigenvalue weighted by Gasteiger charge is -2.58. The Balaban J connectivity index is 0.00000274. The number of fused-ring (bicyclic) bond motifs is 4. The number of aromatic nitrogens is 1. The highest BCUT2D eigenvalue weighted by Gasteiger charge is 2.54. The van der Waals surface area contributed by atoms with Crippen molar-refractivity contribution in [2.45, 2.75) is 37.7 Å². The summed E-state index contributed by atoms with van der Waals surface area (Å²) in [4.78, 5) is 4.43. The van der Waals surface area contributed by atoms with E-state index in [9.17, 15) is 18.3 Å². The summed E-state index contributed by atoms with van der Waals surface area (Å²) < 4.78 is 39.8. The molecule has 1 aromatic heterocycles. The van der Waals surface area contributed by atoms with Gasteiger partial charge in [0.2, 0.25) is 0 Å². The molecule has 1 N–H and O–H groups in total. The van der Waals surface area contributed by atoms with Gasteiger partial charge in [0.25, 0.3) is 0 Å². The van der Waals surface area contributed by atoms with Crippen LogP contribution in [0.3, 0.4) is 0 Å². The standard InChI is InChI=1S/C27H28F3N2O.BrH/c1-2-19-17-32(16-18-7-9-21(10-8-18)27(28,29)30)14-12-20(19)15-25(32)26(33)23-11-13-31-24-6-4-3-5-22(23)24;/h2-11,13,19-20,25-26,33H,1,12,14-17H2;1H/q+1;/p-1/t19-,20?,25+,26-,32?;/m0./s1. The first-order valence-corrected chi connectivity index (χ1v) is 11.5. The number of halogens is 4. The van der Waals surface area contributed by atoms with E-state index in [4.69, 9.17) is 0 Å². The van der Waals surface area contributed by atoms with Gasteiger partial charge in [0, 0.05) is 35.9 Å². The normalized spacial score (nSPS) is 27.2. The van der Waals surface area contributed by atoms with Crippen LogP contribution in [-0.4, -0.2) is 33.7 Å². The number of alkyl halides is 3. The number of rotatable bonds is 5. The minimum absolute atomic E-state index is 0. The van der Waals surface area contributed by atoms with Crippen molar-refractivity contribution in [1.82, 2.24) is 4.98 Å². The van der Waals surface area contributed by atoms with Gasteiger partial charge in [0.15, 0.2) is 0 Å². The first-order valence-electron chi connectivity index (χ1n) is 11.5. The third-order valence-electron chi connectivity index (χ3n) is 7.82. The summed E-state index contributed by atoms with van der Waals surface area (Å²) in [5.74, 6) is 0.827. The Morgan fingerprint density at radius 1 is 1.12 bits per heavy atom. The first kappa shape index (κ1) is 24.9. The molecule has 0 aliphatic carbocycles. The molecule has 0 saturated carbocycles. The molecule has 2 unspecified atom stereocenters. The van der Waals surface area contributed by atoms with E-state index in [-0.39, 0.29) is 23.0 Å². The Morgan fingerprint density at radius 2 is 1.85 bits per heavy atom. The van der Waals surface area contributed by atoms with Crippen LogP contribution in [-0.2, 0) is 12.7 Å². The zero-order valence-electron chi connectivity index (χ0n) is 18.8. The molecular weight excluding hydrogens is 505 g/mol. The van der Waals surface area contributed by atoms with Gasteiger partial charge in [-0.1, -0.05) is 36.4 Å². The highest BCUT2D eigenvalue weighted by Crippen LogP contribution is 2.48. The quantitative estimate of drug-likeness (QED) is 0.405. The van der Waals surface area contributed by atoms with Crippen molar-refractivity contribution in [2.75, 3.05) is 13.1 Å². The molecule has 0 spiro atoms. The molecule has 0 amide bonds. The predicted octanol–water partition coefficient (Wildman–Crippen LogP) is 2.90. The van der Waals surface area contributed by atoms with E-state index < -0.39 is 17.8 Å². The van der Waals surface area contributed by atoms with Gasteiger partial charge >= 0.3 is 6.18 Å². The van der Waals surface area contributed by atoms with Crippen molar-refractivity contribution >= 4 is 10.9 Å². The number of piperidine rings is 3. The highest BCUT2D eigenvalue weighted by molar-refractivity contribution is 5.82. The highest BCUT2D eigenvalue weighted by atomic mass is 79.9. The summed E-state index contributed by atoms with van der Waals surface area (Å²) in [5.41, 5.74) is 1.96. The van der Waals surface area contributed by atoms with E-state index in [1.807, 2.05) is 36.4 Å². The second-order valence-corrected chi connectivity index (χ2v) is 9.59. The van der Waals surface area contributed by atoms with Gasteiger partial charge in [-0.3, -0.25) is 4.98 Å². The van der Waals surface area contributed by atoms with Crippen LogP contribution in [0.4, 0.5) is 13.2 Å². The molecule has 3 aliphatic heterocycles. The van der Waals surface area contributed by atoms with Crippen LogP contribution in [0.25, 0.3) is 10.9 Å². The Morgan fingerprint density at radius 3 is 2.56 bits per heavy atom. The second kappa shape index (κ2) is 9.44. The number of aliphatic hydroxyl groups excluding tert-OH is 1. The van der Waals surface area contributed by atoms with Crippen LogP contribution < -0.4 is 17.0 Å². The Bertz CT molecular complexity index is 1160. The first-order chi connectivity index (χ1) is 15.8. The third-order valence-corrected chi connectivity index (χ3v) is 7.82. The number of para-hydroxylation sites is 1. The van der Waals surface area contributed by atoms with E-state index in [1.165, 1.54) is 0 Å². The van der Waals surface area contributed by atoms with Gasteiger partial charge in [-0.2, -0.15) is 13.2 Å². The van der Waals surface area contributed by atoms with Crippen molar-refractivity contribution in [3.63, 3.8) is 0 Å². The van der Waals surface area contributed by atoms with Crippen LogP contribution in [0, 0.1) is 11.8 Å². The zero-order valence-corrected chi connectivity index (χ0v) is 20.3. The predicted molar refractivity (Wildman–Crippen MR) is 122 cm³/mol. The molecule has 7 heteroatoms. The molecule has 5 atom stereocenters. The minimum Gasteiger partial charge on any atom is -1.00 e. The monoisotopic (exact) mass is 532 g/mol. The molecule has 3 aliphatic rings. The maximum absolute atomic E-state index is 13.1. The van der Waals surface area contributed by atoms with E-state index in [2.05, 4.69) is 11.6 Å². The van der Waals surface area contributed by atoms with Crippen LogP contribution in [0.2, 0.25) is 0 Å². The number of pyridine rings is 1. The average Bonchev–Trinajstić information content (AvgIpc) is 2.83. The SMILES string of the molecule is C=C[C@H]1C[N+]2(Cc3ccc(C(F)(F)F)cc3)CCC1C[C@@H]2[C@@H](O)c1ccnc2ccccc12.[Br-]. The summed E-state index contributed by atoms with van der Waals surface area (Å²) in [6.45, 7) is 6.39. The van der Waals surface area contributed by atoms with Crippen molar-refractivity contribution < 1.29 is 39.7 Å². The Hall–Kier alpha value is -2.22. The molecular formula is C27H28BrF3N2O.